The summed E-state index contributed by atoms with van der Waals surface area (Å²) >= 11 is 0. The van der Waals surface area contributed by atoms with E-state index in [1.165, 1.54) is 0 Å². The first-order valence-corrected chi connectivity index (χ1v) is 6.36. The Morgan fingerprint density at radius 2 is 1.57 bits per heavy atom. The van der Waals surface area contributed by atoms with Crippen LogP contribution in [0.5, 0.6) is 0 Å². The van der Waals surface area contributed by atoms with Gasteiger partial charge in [0.1, 0.15) is 13.1 Å². The second-order valence-corrected chi connectivity index (χ2v) is 4.81. The number of anilines is 1. The Balaban J connectivity index is 2.73. The zero-order valence-corrected chi connectivity index (χ0v) is 11.7. The van der Waals surface area contributed by atoms with Crippen LogP contribution in [0.15, 0.2) is 24.3 Å². The van der Waals surface area contributed by atoms with E-state index in [2.05, 4.69) is 0 Å². The third-order valence-corrected chi connectivity index (χ3v) is 2.99. The van der Waals surface area contributed by atoms with E-state index in [1.54, 1.807) is 24.3 Å². The molecule has 0 saturated heterocycles. The highest BCUT2D eigenvalue weighted by molar-refractivity contribution is 5.85. The van der Waals surface area contributed by atoms with Crippen molar-refractivity contribution in [3.05, 3.63) is 29.8 Å². The normalized spacial score (nSPS) is 11.7. The molecule has 1 atom stereocenters. The SMILES string of the molecule is CC(CC(=O)N(CC(=O)O)CC(=O)O)c1ccc(N)cc1. The number of rotatable bonds is 7. The van der Waals surface area contributed by atoms with Gasteiger partial charge in [-0.25, -0.2) is 0 Å². The average Bonchev–Trinajstić information content (AvgIpc) is 2.37. The smallest absolute Gasteiger partial charge is 0.323 e. The second-order valence-electron chi connectivity index (χ2n) is 4.81. The number of nitrogens with two attached hydrogens (primary N) is 1. The number of hydrogen-bond donors (Lipinski definition) is 3. The van der Waals surface area contributed by atoms with Crippen molar-refractivity contribution in [3.8, 4) is 0 Å². The van der Waals surface area contributed by atoms with Crippen molar-refractivity contribution in [1.29, 1.82) is 0 Å². The van der Waals surface area contributed by atoms with E-state index in [-0.39, 0.29) is 12.3 Å². The summed E-state index contributed by atoms with van der Waals surface area (Å²) in [6.07, 6.45) is 0.0322. The lowest BCUT2D eigenvalue weighted by Gasteiger charge is -2.21. The molecule has 0 bridgehead atoms. The van der Waals surface area contributed by atoms with Gasteiger partial charge in [-0.3, -0.25) is 14.4 Å². The molecule has 1 unspecified atom stereocenters. The van der Waals surface area contributed by atoms with Crippen LogP contribution in [-0.4, -0.2) is 46.0 Å². The molecule has 0 saturated carbocycles. The Kier molecular flexibility index (Phi) is 5.71. The first kappa shape index (κ1) is 16.5. The van der Waals surface area contributed by atoms with Crippen molar-refractivity contribution in [2.45, 2.75) is 19.3 Å². The van der Waals surface area contributed by atoms with Gasteiger partial charge in [0.25, 0.3) is 0 Å². The standard InChI is InChI=1S/C14H18N2O5/c1-9(10-2-4-11(15)5-3-10)6-12(17)16(7-13(18)19)8-14(20)21/h2-5,9H,6-8,15H2,1H3,(H,18,19)(H,20,21). The lowest BCUT2D eigenvalue weighted by atomic mass is 9.97. The number of carboxylic acid groups (broad SMARTS) is 2. The highest BCUT2D eigenvalue weighted by Gasteiger charge is 2.21. The summed E-state index contributed by atoms with van der Waals surface area (Å²) in [7, 11) is 0. The molecule has 7 nitrogen and oxygen atoms in total. The maximum atomic E-state index is 12.0. The first-order valence-electron chi connectivity index (χ1n) is 6.36. The molecule has 7 heteroatoms. The van der Waals surface area contributed by atoms with Crippen LogP contribution < -0.4 is 5.73 Å². The van der Waals surface area contributed by atoms with Gasteiger partial charge in [0.05, 0.1) is 0 Å². The van der Waals surface area contributed by atoms with Crippen molar-refractivity contribution in [2.24, 2.45) is 0 Å². The minimum atomic E-state index is -1.25. The number of hydrogen-bond acceptors (Lipinski definition) is 4. The molecule has 0 heterocycles. The van der Waals surface area contributed by atoms with Gasteiger partial charge in [0.15, 0.2) is 0 Å². The number of benzene rings is 1. The van der Waals surface area contributed by atoms with Crippen LogP contribution in [0.1, 0.15) is 24.8 Å². The molecule has 1 aromatic carbocycles. The lowest BCUT2D eigenvalue weighted by Crippen LogP contribution is -2.39. The summed E-state index contributed by atoms with van der Waals surface area (Å²) in [5.41, 5.74) is 7.07. The minimum Gasteiger partial charge on any atom is -0.480 e. The Hall–Kier alpha value is -2.57. The molecule has 0 fully saturated rings. The maximum Gasteiger partial charge on any atom is 0.323 e. The van der Waals surface area contributed by atoms with E-state index in [4.69, 9.17) is 15.9 Å². The van der Waals surface area contributed by atoms with Gasteiger partial charge < -0.3 is 20.8 Å². The number of carboxylic acids is 2. The van der Waals surface area contributed by atoms with Crippen LogP contribution in [0.2, 0.25) is 0 Å². The predicted octanol–water partition coefficient (Wildman–Crippen LogP) is 0.760. The van der Waals surface area contributed by atoms with Crippen LogP contribution in [-0.2, 0) is 14.4 Å². The first-order chi connectivity index (χ1) is 9.79. The van der Waals surface area contributed by atoms with E-state index in [1.807, 2.05) is 6.92 Å². The average molecular weight is 294 g/mol. The van der Waals surface area contributed by atoms with Crippen LogP contribution in [0, 0.1) is 0 Å². The molecule has 0 aromatic heterocycles. The predicted molar refractivity (Wildman–Crippen MR) is 75.7 cm³/mol. The number of carbonyl (C=O) groups excluding carboxylic acids is 1. The van der Waals surface area contributed by atoms with E-state index in [0.29, 0.717) is 5.69 Å². The molecule has 1 aromatic rings. The van der Waals surface area contributed by atoms with Crippen LogP contribution in [0.25, 0.3) is 0 Å². The largest absolute Gasteiger partial charge is 0.480 e. The number of amides is 1. The van der Waals surface area contributed by atoms with Crippen molar-refractivity contribution >= 4 is 23.5 Å². The molecule has 4 N–H and O–H groups in total. The Bertz CT molecular complexity index is 511. The molecule has 0 spiro atoms. The molecule has 0 aliphatic heterocycles. The Morgan fingerprint density at radius 3 is 2.00 bits per heavy atom. The van der Waals surface area contributed by atoms with E-state index in [9.17, 15) is 14.4 Å². The zero-order valence-electron chi connectivity index (χ0n) is 11.7. The summed E-state index contributed by atoms with van der Waals surface area (Å²) in [6, 6.07) is 6.99. The molecule has 1 amide bonds. The highest BCUT2D eigenvalue weighted by atomic mass is 16.4. The third-order valence-electron chi connectivity index (χ3n) is 2.99. The maximum absolute atomic E-state index is 12.0. The fourth-order valence-corrected chi connectivity index (χ4v) is 1.89. The number of nitrogens with zero attached hydrogens (tertiary/aromatic N) is 1. The second kappa shape index (κ2) is 7.28. The third kappa shape index (κ3) is 5.52. The van der Waals surface area contributed by atoms with Gasteiger partial charge >= 0.3 is 11.9 Å². The van der Waals surface area contributed by atoms with E-state index < -0.39 is 30.9 Å². The Labute approximate surface area is 122 Å². The Morgan fingerprint density at radius 1 is 1.10 bits per heavy atom. The van der Waals surface area contributed by atoms with Gasteiger partial charge in [-0.05, 0) is 23.6 Å². The number of carbonyl (C=O) groups is 3. The summed E-state index contributed by atoms with van der Waals surface area (Å²) in [6.45, 7) is 0.558. The summed E-state index contributed by atoms with van der Waals surface area (Å²) in [5.74, 6) is -3.17. The molecule has 0 aliphatic rings. The van der Waals surface area contributed by atoms with Gasteiger partial charge in [0.2, 0.25) is 5.91 Å². The zero-order chi connectivity index (χ0) is 16.0. The van der Waals surface area contributed by atoms with Gasteiger partial charge in [0, 0.05) is 12.1 Å². The van der Waals surface area contributed by atoms with Crippen molar-refractivity contribution in [1.82, 2.24) is 4.90 Å². The van der Waals surface area contributed by atoms with Crippen molar-refractivity contribution in [2.75, 3.05) is 18.8 Å². The van der Waals surface area contributed by atoms with Crippen molar-refractivity contribution < 1.29 is 24.6 Å². The molecular weight excluding hydrogens is 276 g/mol. The quantitative estimate of drug-likeness (QED) is 0.638. The van der Waals surface area contributed by atoms with Crippen LogP contribution >= 0.6 is 0 Å². The summed E-state index contributed by atoms with van der Waals surface area (Å²) in [5, 5.41) is 17.5. The van der Waals surface area contributed by atoms with Crippen LogP contribution in [0.4, 0.5) is 5.69 Å². The number of nitrogen functional groups attached to an aromatic ring is 1. The van der Waals surface area contributed by atoms with E-state index in [0.717, 1.165) is 10.5 Å². The molecular formula is C14H18N2O5. The molecule has 0 aliphatic carbocycles. The molecule has 21 heavy (non-hydrogen) atoms. The van der Waals surface area contributed by atoms with Gasteiger partial charge in [-0.2, -0.15) is 0 Å². The van der Waals surface area contributed by atoms with Gasteiger partial charge in [-0.15, -0.1) is 0 Å². The number of aliphatic carboxylic acids is 2. The highest BCUT2D eigenvalue weighted by Crippen LogP contribution is 2.21. The van der Waals surface area contributed by atoms with E-state index >= 15 is 0 Å². The monoisotopic (exact) mass is 294 g/mol. The fraction of sp³-hybridized carbons (Fsp3) is 0.357. The topological polar surface area (TPSA) is 121 Å². The fourth-order valence-electron chi connectivity index (χ4n) is 1.89. The summed E-state index contributed by atoms with van der Waals surface area (Å²) in [4.78, 5) is 34.2. The minimum absolute atomic E-state index is 0.0322. The molecule has 114 valence electrons. The molecule has 0 radical (unpaired) electrons. The lowest BCUT2D eigenvalue weighted by molar-refractivity contribution is -0.149. The van der Waals surface area contributed by atoms with Crippen LogP contribution in [0.3, 0.4) is 0 Å². The molecule has 1 rings (SSSR count). The summed E-state index contributed by atoms with van der Waals surface area (Å²) < 4.78 is 0. The van der Waals surface area contributed by atoms with Gasteiger partial charge in [-0.1, -0.05) is 19.1 Å². The van der Waals surface area contributed by atoms with Crippen molar-refractivity contribution in [3.63, 3.8) is 0 Å².